The highest BCUT2D eigenvalue weighted by atomic mass is 35.5. The average molecular weight is 331 g/mol. The molecule has 3 N–H and O–H groups in total. The van der Waals surface area contributed by atoms with Crippen molar-refractivity contribution >= 4 is 17.7 Å². The van der Waals surface area contributed by atoms with Crippen LogP contribution in [0.25, 0.3) is 0 Å². The number of hydrogen-bond donors (Lipinski definition) is 2. The van der Waals surface area contributed by atoms with Crippen molar-refractivity contribution in [2.24, 2.45) is 5.73 Å². The second kappa shape index (κ2) is 7.65. The molecule has 122 valence electrons. The van der Waals surface area contributed by atoms with Crippen molar-refractivity contribution in [3.05, 3.63) is 28.5 Å². The van der Waals surface area contributed by atoms with Gasteiger partial charge in [-0.05, 0) is 37.3 Å². The molecule has 0 aliphatic carbocycles. The number of halogens is 2. The number of hydrogen-bond acceptors (Lipinski definition) is 3. The van der Waals surface area contributed by atoms with E-state index in [9.17, 15) is 14.3 Å². The zero-order valence-corrected chi connectivity index (χ0v) is 13.0. The number of nitrogens with zero attached hydrogens (tertiary/aromatic N) is 1. The van der Waals surface area contributed by atoms with E-state index in [0.29, 0.717) is 25.1 Å². The first kappa shape index (κ1) is 16.8. The molecule has 1 aliphatic heterocycles. The molecule has 1 aromatic carbocycles. The largest absolute Gasteiger partial charge is 0.491 e. The summed E-state index contributed by atoms with van der Waals surface area (Å²) in [5.41, 5.74) is 5.74. The topological polar surface area (TPSA) is 75.8 Å². The van der Waals surface area contributed by atoms with Gasteiger partial charge in [0.25, 0.3) is 0 Å². The molecule has 1 fully saturated rings. The molecule has 0 saturated carbocycles. The van der Waals surface area contributed by atoms with Gasteiger partial charge < -0.3 is 20.5 Å². The number of rotatable bonds is 5. The van der Waals surface area contributed by atoms with Gasteiger partial charge in [0.15, 0.2) is 0 Å². The lowest BCUT2D eigenvalue weighted by atomic mass is 9.95. The first-order valence-corrected chi connectivity index (χ1v) is 7.71. The Balaban J connectivity index is 2.15. The summed E-state index contributed by atoms with van der Waals surface area (Å²) in [7, 11) is 0. The minimum Gasteiger partial charge on any atom is -0.491 e. The van der Waals surface area contributed by atoms with E-state index >= 15 is 0 Å². The van der Waals surface area contributed by atoms with Crippen molar-refractivity contribution in [3.63, 3.8) is 0 Å². The summed E-state index contributed by atoms with van der Waals surface area (Å²) in [5, 5.41) is 9.15. The molecule has 22 heavy (non-hydrogen) atoms. The summed E-state index contributed by atoms with van der Waals surface area (Å²) < 4.78 is 19.6. The standard InChI is InChI=1S/C15H20ClFN2O3/c16-13-12(22-8-6-18)5-4-10(14(13)17)9-11-3-1-2-7-19(11)15(20)21/h4-5,11H,1-3,6-9,18H2,(H,20,21)/t11-/m1/s1. The summed E-state index contributed by atoms with van der Waals surface area (Å²) in [6, 6.07) is 2.99. The van der Waals surface area contributed by atoms with Gasteiger partial charge in [0.1, 0.15) is 23.2 Å². The summed E-state index contributed by atoms with van der Waals surface area (Å²) in [6.45, 7) is 1.07. The Kier molecular flexibility index (Phi) is 5.85. The van der Waals surface area contributed by atoms with E-state index < -0.39 is 11.9 Å². The van der Waals surface area contributed by atoms with E-state index in [4.69, 9.17) is 22.1 Å². The Morgan fingerprint density at radius 2 is 2.27 bits per heavy atom. The van der Waals surface area contributed by atoms with Crippen LogP contribution in [0, 0.1) is 5.82 Å². The lowest BCUT2D eigenvalue weighted by Crippen LogP contribution is -2.44. The third-order valence-electron chi connectivity index (χ3n) is 3.83. The van der Waals surface area contributed by atoms with Crippen molar-refractivity contribution in [3.8, 4) is 5.75 Å². The van der Waals surface area contributed by atoms with Crippen molar-refractivity contribution < 1.29 is 19.0 Å². The van der Waals surface area contributed by atoms with E-state index in [2.05, 4.69) is 0 Å². The molecule has 1 heterocycles. The average Bonchev–Trinajstić information content (AvgIpc) is 2.51. The molecule has 0 radical (unpaired) electrons. The molecule has 1 aliphatic rings. The van der Waals surface area contributed by atoms with Gasteiger partial charge in [-0.15, -0.1) is 0 Å². The van der Waals surface area contributed by atoms with Crippen LogP contribution in [0.1, 0.15) is 24.8 Å². The van der Waals surface area contributed by atoms with Gasteiger partial charge >= 0.3 is 6.09 Å². The number of carboxylic acid groups (broad SMARTS) is 1. The second-order valence-electron chi connectivity index (χ2n) is 5.32. The molecule has 1 atom stereocenters. The minimum atomic E-state index is -0.959. The quantitative estimate of drug-likeness (QED) is 0.870. The predicted molar refractivity (Wildman–Crippen MR) is 82.0 cm³/mol. The van der Waals surface area contributed by atoms with E-state index in [1.165, 1.54) is 4.90 Å². The van der Waals surface area contributed by atoms with E-state index in [-0.39, 0.29) is 23.4 Å². The van der Waals surface area contributed by atoms with Crippen molar-refractivity contribution in [1.29, 1.82) is 0 Å². The van der Waals surface area contributed by atoms with Gasteiger partial charge in [-0.2, -0.15) is 0 Å². The predicted octanol–water partition coefficient (Wildman–Crippen LogP) is 2.89. The maximum absolute atomic E-state index is 14.4. The van der Waals surface area contributed by atoms with Gasteiger partial charge in [-0.1, -0.05) is 17.7 Å². The lowest BCUT2D eigenvalue weighted by molar-refractivity contribution is 0.106. The molecule has 1 aromatic rings. The van der Waals surface area contributed by atoms with Crippen LogP contribution in [0.5, 0.6) is 5.75 Å². The molecule has 1 saturated heterocycles. The smallest absolute Gasteiger partial charge is 0.407 e. The van der Waals surface area contributed by atoms with Gasteiger partial charge in [-0.25, -0.2) is 9.18 Å². The maximum atomic E-state index is 14.4. The highest BCUT2D eigenvalue weighted by Crippen LogP contribution is 2.31. The Bertz CT molecular complexity index is 542. The third kappa shape index (κ3) is 3.81. The Labute approximate surface area is 133 Å². The zero-order chi connectivity index (χ0) is 16.1. The van der Waals surface area contributed by atoms with E-state index in [1.807, 2.05) is 0 Å². The number of ether oxygens (including phenoxy) is 1. The highest BCUT2D eigenvalue weighted by molar-refractivity contribution is 6.32. The van der Waals surface area contributed by atoms with Crippen LogP contribution in [-0.4, -0.2) is 41.8 Å². The molecule has 1 amide bonds. The SMILES string of the molecule is NCCOc1ccc(C[C@H]2CCCCN2C(=O)O)c(F)c1Cl. The van der Waals surface area contributed by atoms with Crippen LogP contribution < -0.4 is 10.5 Å². The zero-order valence-electron chi connectivity index (χ0n) is 12.2. The second-order valence-corrected chi connectivity index (χ2v) is 5.70. The number of carbonyl (C=O) groups is 1. The Hall–Kier alpha value is -1.53. The fourth-order valence-electron chi connectivity index (χ4n) is 2.73. The van der Waals surface area contributed by atoms with E-state index in [1.54, 1.807) is 12.1 Å². The van der Waals surface area contributed by atoms with Crippen molar-refractivity contribution in [1.82, 2.24) is 4.90 Å². The molecule has 2 rings (SSSR count). The van der Waals surface area contributed by atoms with Gasteiger partial charge in [0.2, 0.25) is 0 Å². The summed E-state index contributed by atoms with van der Waals surface area (Å²) in [6.07, 6.45) is 1.88. The molecular formula is C15H20ClFN2O3. The molecule has 0 aromatic heterocycles. The maximum Gasteiger partial charge on any atom is 0.407 e. The van der Waals surface area contributed by atoms with Gasteiger partial charge in [0.05, 0.1) is 0 Å². The minimum absolute atomic E-state index is 0.0800. The van der Waals surface area contributed by atoms with Crippen LogP contribution in [0.2, 0.25) is 5.02 Å². The molecule has 0 bridgehead atoms. The molecule has 7 heteroatoms. The first-order chi connectivity index (χ1) is 10.5. The number of likely N-dealkylation sites (tertiary alicyclic amines) is 1. The number of amides is 1. The van der Waals surface area contributed by atoms with Crippen molar-refractivity contribution in [2.75, 3.05) is 19.7 Å². The summed E-state index contributed by atoms with van der Waals surface area (Å²) in [4.78, 5) is 12.6. The van der Waals surface area contributed by atoms with Crippen molar-refractivity contribution in [2.45, 2.75) is 31.7 Å². The monoisotopic (exact) mass is 330 g/mol. The first-order valence-electron chi connectivity index (χ1n) is 7.34. The van der Waals surface area contributed by atoms with Crippen LogP contribution in [-0.2, 0) is 6.42 Å². The highest BCUT2D eigenvalue weighted by Gasteiger charge is 2.27. The molecular weight excluding hydrogens is 311 g/mol. The Morgan fingerprint density at radius 1 is 1.50 bits per heavy atom. The number of nitrogens with two attached hydrogens (primary N) is 1. The van der Waals surface area contributed by atoms with Gasteiger partial charge in [-0.3, -0.25) is 0 Å². The Morgan fingerprint density at radius 3 is 2.95 bits per heavy atom. The summed E-state index contributed by atoms with van der Waals surface area (Å²) in [5.74, 6) is -0.292. The molecule has 0 spiro atoms. The lowest BCUT2D eigenvalue weighted by Gasteiger charge is -2.33. The fraction of sp³-hybridized carbons (Fsp3) is 0.533. The third-order valence-corrected chi connectivity index (χ3v) is 4.18. The van der Waals surface area contributed by atoms with Crippen LogP contribution in [0.4, 0.5) is 9.18 Å². The fourth-order valence-corrected chi connectivity index (χ4v) is 2.97. The normalized spacial score (nSPS) is 18.3. The summed E-state index contributed by atoms with van der Waals surface area (Å²) >= 11 is 5.98. The van der Waals surface area contributed by atoms with Crippen LogP contribution in [0.15, 0.2) is 12.1 Å². The number of benzene rings is 1. The van der Waals surface area contributed by atoms with Crippen LogP contribution >= 0.6 is 11.6 Å². The van der Waals surface area contributed by atoms with E-state index in [0.717, 1.165) is 19.3 Å². The van der Waals surface area contributed by atoms with Gasteiger partial charge in [0, 0.05) is 19.1 Å². The van der Waals surface area contributed by atoms with Crippen LogP contribution in [0.3, 0.4) is 0 Å². The molecule has 5 nitrogen and oxygen atoms in total. The molecule has 0 unspecified atom stereocenters. The number of piperidine rings is 1.